The van der Waals surface area contributed by atoms with Crippen molar-refractivity contribution in [2.24, 2.45) is 0 Å². The highest BCUT2D eigenvalue weighted by Gasteiger charge is 2.44. The topological polar surface area (TPSA) is 108 Å². The van der Waals surface area contributed by atoms with Gasteiger partial charge in [0.15, 0.2) is 0 Å². The highest BCUT2D eigenvalue weighted by atomic mass is 127. The highest BCUT2D eigenvalue weighted by molar-refractivity contribution is 14.1. The third-order valence-corrected chi connectivity index (χ3v) is 9.54. The monoisotopic (exact) mass is 792 g/mol. The van der Waals surface area contributed by atoms with Gasteiger partial charge in [0.05, 0.1) is 6.54 Å². The highest BCUT2D eigenvalue weighted by Crippen LogP contribution is 2.25. The number of urea groups is 2. The maximum absolute atomic E-state index is 12.1. The second-order valence-corrected chi connectivity index (χ2v) is 13.0. The van der Waals surface area contributed by atoms with Crippen molar-refractivity contribution in [2.45, 2.75) is 84.9 Å². The molecule has 11 heteroatoms. The Bertz CT molecular complexity index is 1260. The number of carbonyl (C=O) groups is 4. The van der Waals surface area contributed by atoms with Crippen molar-refractivity contribution in [3.05, 3.63) is 66.6 Å². The lowest BCUT2D eigenvalue weighted by atomic mass is 10.1. The van der Waals surface area contributed by atoms with E-state index in [1.54, 1.807) is 27.7 Å². The first-order chi connectivity index (χ1) is 17.9. The molecular weight excluding hydrogens is 755 g/mol. The molecule has 3 N–H and O–H groups in total. The predicted molar refractivity (Wildman–Crippen MR) is 176 cm³/mol. The minimum atomic E-state index is -0.809. The van der Waals surface area contributed by atoms with Crippen molar-refractivity contribution in [1.29, 1.82) is 0 Å². The van der Waals surface area contributed by atoms with E-state index >= 15 is 0 Å². The fourth-order valence-corrected chi connectivity index (χ4v) is 4.91. The van der Waals surface area contributed by atoms with Gasteiger partial charge in [-0.25, -0.2) is 9.59 Å². The molecule has 2 saturated heterocycles. The molecule has 0 bridgehead atoms. The van der Waals surface area contributed by atoms with Crippen LogP contribution >= 0.6 is 54.5 Å². The molecule has 40 heavy (non-hydrogen) atoms. The lowest BCUT2D eigenvalue weighted by molar-refractivity contribution is -0.130. The van der Waals surface area contributed by atoms with E-state index < -0.39 is 17.1 Å². The molecule has 2 aromatic carbocycles. The normalized spacial score (nSPS) is 16.5. The second-order valence-electron chi connectivity index (χ2n) is 10.7. The lowest BCUT2D eigenvalue weighted by Gasteiger charge is -2.17. The molecule has 2 aromatic rings. The molecule has 0 spiro atoms. The minimum absolute atomic E-state index is 0. The van der Waals surface area contributed by atoms with Gasteiger partial charge in [0.2, 0.25) is 0 Å². The van der Waals surface area contributed by atoms with Crippen molar-refractivity contribution < 1.29 is 19.2 Å². The minimum Gasteiger partial charge on any atom is -0.324 e. The van der Waals surface area contributed by atoms with Crippen LogP contribution in [0, 0.1) is 27.7 Å². The number of rotatable bonds is 3. The molecule has 2 aliphatic rings. The van der Waals surface area contributed by atoms with Crippen molar-refractivity contribution in [3.8, 4) is 0 Å². The summed E-state index contributed by atoms with van der Waals surface area (Å²) in [6, 6.07) is 7.69. The van der Waals surface area contributed by atoms with E-state index in [0.29, 0.717) is 6.54 Å². The number of alkyl halides is 1. The molecule has 8 nitrogen and oxygen atoms in total. The van der Waals surface area contributed by atoms with E-state index in [-0.39, 0.29) is 25.3 Å². The van der Waals surface area contributed by atoms with Crippen LogP contribution in [-0.2, 0) is 20.6 Å². The fraction of sp³-hybridized carbons (Fsp3) is 0.448. The Kier molecular flexibility index (Phi) is 12.8. The van der Waals surface area contributed by atoms with Crippen molar-refractivity contribution in [1.82, 2.24) is 20.9 Å². The molecule has 4 rings (SSSR count). The number of hydrogen-bond acceptors (Lipinski definition) is 4. The molecule has 0 aromatic heterocycles. The molecule has 0 unspecified atom stereocenters. The van der Waals surface area contributed by atoms with Crippen molar-refractivity contribution in [3.63, 3.8) is 0 Å². The molecule has 2 fully saturated rings. The van der Waals surface area contributed by atoms with Gasteiger partial charge in [-0.15, -0.1) is 0 Å². The molecular formula is C29H39Br2IN4O4. The summed E-state index contributed by atoms with van der Waals surface area (Å²) in [6.07, 6.45) is 0. The maximum atomic E-state index is 12.1. The number of halogens is 3. The third-order valence-electron chi connectivity index (χ3n) is 6.15. The average molecular weight is 794 g/mol. The summed E-state index contributed by atoms with van der Waals surface area (Å²) in [6.45, 7) is 15.3. The standard InChI is InChI=1S/C14H17BrN2O2.C9H10BrI.C5H8N2O2.CH4/c1-8-5-10(6-9(2)11(8)15)7-17-12(18)14(3,4)16-13(17)19;1-6-3-8(5-11)4-7(2)9(6)10;1-5(2)3(8)6-4(9)7-5;/h5-6H,7H2,1-4H3,(H,16,19);3-4H,5H2,1-2H3;1-2H3,(H2,6,7,8,9);1H4. The first kappa shape index (κ1) is 36.0. The molecule has 0 radical (unpaired) electrons. The number of nitrogens with zero attached hydrogens (tertiary/aromatic N) is 1. The smallest absolute Gasteiger partial charge is 0.324 e. The Morgan fingerprint density at radius 2 is 1.18 bits per heavy atom. The SMILES string of the molecule is C.CC1(C)NC(=O)NC1=O.Cc1cc(CI)cc(C)c1Br.Cc1cc(CN2C(=O)NC(C)(C)C2=O)cc(C)c1Br. The Morgan fingerprint density at radius 1 is 0.750 bits per heavy atom. The molecule has 2 aliphatic heterocycles. The predicted octanol–water partition coefficient (Wildman–Crippen LogP) is 7.14. The summed E-state index contributed by atoms with van der Waals surface area (Å²) in [7, 11) is 0. The zero-order chi connectivity index (χ0) is 29.9. The zero-order valence-corrected chi connectivity index (χ0v) is 28.8. The second kappa shape index (κ2) is 14.3. The maximum Gasteiger partial charge on any atom is 0.325 e. The summed E-state index contributed by atoms with van der Waals surface area (Å²) in [5.41, 5.74) is 5.69. The largest absolute Gasteiger partial charge is 0.325 e. The Balaban J connectivity index is 0.000000324. The van der Waals surface area contributed by atoms with Crippen LogP contribution in [0.2, 0.25) is 0 Å². The van der Waals surface area contributed by atoms with Crippen LogP contribution in [-0.4, -0.2) is 39.9 Å². The molecule has 6 amide bonds. The number of benzene rings is 2. The van der Waals surface area contributed by atoms with Gasteiger partial charge in [0.25, 0.3) is 11.8 Å². The molecule has 0 atom stereocenters. The van der Waals surface area contributed by atoms with Crippen LogP contribution in [0.15, 0.2) is 33.2 Å². The van der Waals surface area contributed by atoms with Gasteiger partial charge < -0.3 is 10.6 Å². The Hall–Kier alpha value is -1.99. The Labute approximate surface area is 268 Å². The van der Waals surface area contributed by atoms with Gasteiger partial charge in [0.1, 0.15) is 11.1 Å². The van der Waals surface area contributed by atoms with E-state index in [1.807, 2.05) is 26.0 Å². The summed E-state index contributed by atoms with van der Waals surface area (Å²) >= 11 is 9.43. The van der Waals surface area contributed by atoms with E-state index in [9.17, 15) is 19.2 Å². The number of aryl methyl sites for hydroxylation is 4. The van der Waals surface area contributed by atoms with E-state index in [0.717, 1.165) is 25.6 Å². The van der Waals surface area contributed by atoms with E-state index in [4.69, 9.17) is 0 Å². The Morgan fingerprint density at radius 3 is 1.45 bits per heavy atom. The summed E-state index contributed by atoms with van der Waals surface area (Å²) in [4.78, 5) is 46.3. The number of carbonyl (C=O) groups excluding carboxylic acids is 4. The van der Waals surface area contributed by atoms with E-state index in [2.05, 4.69) is 96.4 Å². The van der Waals surface area contributed by atoms with Gasteiger partial charge in [0, 0.05) is 13.4 Å². The number of imide groups is 2. The van der Waals surface area contributed by atoms with Crippen LogP contribution in [0.3, 0.4) is 0 Å². The molecule has 0 saturated carbocycles. The van der Waals surface area contributed by atoms with Gasteiger partial charge in [-0.3, -0.25) is 19.8 Å². The quantitative estimate of drug-likeness (QED) is 0.175. The van der Waals surface area contributed by atoms with Crippen LogP contribution in [0.5, 0.6) is 0 Å². The van der Waals surface area contributed by atoms with Gasteiger partial charge >= 0.3 is 12.1 Å². The van der Waals surface area contributed by atoms with Crippen LogP contribution < -0.4 is 16.0 Å². The van der Waals surface area contributed by atoms with Crippen LogP contribution in [0.4, 0.5) is 9.59 Å². The van der Waals surface area contributed by atoms with Gasteiger partial charge in [-0.2, -0.15) is 0 Å². The molecule has 220 valence electrons. The van der Waals surface area contributed by atoms with Crippen LogP contribution in [0.25, 0.3) is 0 Å². The fourth-order valence-electron chi connectivity index (χ4n) is 4.01. The molecule has 0 aliphatic carbocycles. The zero-order valence-electron chi connectivity index (χ0n) is 23.4. The van der Waals surface area contributed by atoms with Gasteiger partial charge in [-0.1, -0.05) is 86.1 Å². The summed E-state index contributed by atoms with van der Waals surface area (Å²) in [5.74, 6) is -0.455. The lowest BCUT2D eigenvalue weighted by Crippen LogP contribution is -2.40. The summed E-state index contributed by atoms with van der Waals surface area (Å²) < 4.78 is 3.40. The van der Waals surface area contributed by atoms with Crippen molar-refractivity contribution >= 4 is 78.3 Å². The first-order valence-electron chi connectivity index (χ1n) is 12.2. The summed E-state index contributed by atoms with van der Waals surface area (Å²) in [5, 5.41) is 7.24. The average Bonchev–Trinajstić information content (AvgIpc) is 3.18. The number of amides is 6. The van der Waals surface area contributed by atoms with Crippen LogP contribution in [0.1, 0.15) is 68.5 Å². The number of hydrogen-bond donors (Lipinski definition) is 3. The third kappa shape index (κ3) is 9.01. The van der Waals surface area contributed by atoms with Crippen molar-refractivity contribution in [2.75, 3.05) is 0 Å². The molecule has 2 heterocycles. The van der Waals surface area contributed by atoms with Gasteiger partial charge in [-0.05, 0) is 88.8 Å². The van der Waals surface area contributed by atoms with E-state index in [1.165, 1.54) is 26.1 Å². The number of nitrogens with one attached hydrogen (secondary N) is 3. The first-order valence-corrected chi connectivity index (χ1v) is 15.4.